The van der Waals surface area contributed by atoms with E-state index in [9.17, 15) is 9.59 Å². The van der Waals surface area contributed by atoms with Gasteiger partial charge in [0.1, 0.15) is 12.7 Å². The Balaban J connectivity index is 2.60. The van der Waals surface area contributed by atoms with Crippen molar-refractivity contribution in [2.24, 2.45) is 0 Å². The number of rotatable bonds is 9. The molecule has 0 spiro atoms. The Morgan fingerprint density at radius 3 is 2.17 bits per heavy atom. The minimum Gasteiger partial charge on any atom is -0.455 e. The Bertz CT molecular complexity index is 509. The van der Waals surface area contributed by atoms with Crippen LogP contribution in [0.5, 0.6) is 0 Å². The van der Waals surface area contributed by atoms with Gasteiger partial charge in [0.2, 0.25) is 0 Å². The van der Waals surface area contributed by atoms with Crippen LogP contribution in [-0.2, 0) is 15.9 Å². The van der Waals surface area contributed by atoms with Crippen LogP contribution in [0.4, 0.5) is 4.79 Å². The van der Waals surface area contributed by atoms with Crippen LogP contribution in [0.1, 0.15) is 56.5 Å². The number of esters is 1. The highest BCUT2D eigenvalue weighted by molar-refractivity contribution is 5.89. The van der Waals surface area contributed by atoms with E-state index in [1.807, 2.05) is 32.9 Å². The summed E-state index contributed by atoms with van der Waals surface area (Å²) in [6.45, 7) is 9.14. The van der Waals surface area contributed by atoms with Crippen LogP contribution >= 0.6 is 0 Å². The van der Waals surface area contributed by atoms with E-state index in [4.69, 9.17) is 9.47 Å². The lowest BCUT2D eigenvalue weighted by atomic mass is 10.1. The zero-order valence-electron chi connectivity index (χ0n) is 15.2. The summed E-state index contributed by atoms with van der Waals surface area (Å²) in [4.78, 5) is 25.7. The van der Waals surface area contributed by atoms with Crippen LogP contribution in [0.25, 0.3) is 0 Å². The molecule has 0 aromatic heterocycles. The number of nitrogens with zero attached hydrogens (tertiary/aromatic N) is 1. The molecule has 0 bridgehead atoms. The van der Waals surface area contributed by atoms with Gasteiger partial charge in [-0.2, -0.15) is 0 Å². The smallest absolute Gasteiger partial charge is 0.409 e. The lowest BCUT2D eigenvalue weighted by Crippen LogP contribution is -2.34. The molecular formula is C19H29NO4. The summed E-state index contributed by atoms with van der Waals surface area (Å²) < 4.78 is 10.8. The first-order valence-corrected chi connectivity index (χ1v) is 8.77. The summed E-state index contributed by atoms with van der Waals surface area (Å²) in [5, 5.41) is 0. The van der Waals surface area contributed by atoms with Crippen molar-refractivity contribution in [2.75, 3.05) is 19.7 Å². The second-order valence-corrected chi connectivity index (χ2v) is 5.62. The molecule has 1 unspecified atom stereocenters. The second kappa shape index (κ2) is 10.7. The lowest BCUT2D eigenvalue weighted by Gasteiger charge is -2.21. The van der Waals surface area contributed by atoms with Crippen LogP contribution in [0, 0.1) is 0 Å². The SMILES string of the molecule is CCCC(COC(=O)N(CC)CC)OC(=O)c1ccc(CC)cc1. The van der Waals surface area contributed by atoms with Crippen molar-refractivity contribution in [3.8, 4) is 0 Å². The summed E-state index contributed by atoms with van der Waals surface area (Å²) in [6, 6.07) is 7.38. The normalized spacial score (nSPS) is 11.7. The summed E-state index contributed by atoms with van der Waals surface area (Å²) >= 11 is 0. The Labute approximate surface area is 144 Å². The van der Waals surface area contributed by atoms with Crippen molar-refractivity contribution in [1.82, 2.24) is 4.90 Å². The molecule has 0 saturated carbocycles. The molecule has 0 heterocycles. The molecule has 0 saturated heterocycles. The van der Waals surface area contributed by atoms with Gasteiger partial charge >= 0.3 is 12.1 Å². The van der Waals surface area contributed by atoms with Crippen molar-refractivity contribution >= 4 is 12.1 Å². The number of carbonyl (C=O) groups excluding carboxylic acids is 2. The monoisotopic (exact) mass is 335 g/mol. The van der Waals surface area contributed by atoms with Crippen molar-refractivity contribution in [2.45, 2.75) is 53.1 Å². The molecule has 0 N–H and O–H groups in total. The summed E-state index contributed by atoms with van der Waals surface area (Å²) in [5.74, 6) is -0.380. The zero-order valence-corrected chi connectivity index (χ0v) is 15.2. The number of benzene rings is 1. The highest BCUT2D eigenvalue weighted by Crippen LogP contribution is 2.11. The van der Waals surface area contributed by atoms with E-state index in [0.29, 0.717) is 25.1 Å². The number of carbonyl (C=O) groups is 2. The van der Waals surface area contributed by atoms with Crippen LogP contribution in [0.3, 0.4) is 0 Å². The Morgan fingerprint density at radius 2 is 1.67 bits per heavy atom. The molecule has 1 rings (SSSR count). The standard InChI is InChI=1S/C19H29NO4/c1-5-9-17(14-23-19(22)20(7-3)8-4)24-18(21)16-12-10-15(6-2)11-13-16/h10-13,17H,5-9,14H2,1-4H3. The third-order valence-electron chi connectivity index (χ3n) is 3.90. The van der Waals surface area contributed by atoms with Crippen LogP contribution < -0.4 is 0 Å². The first-order chi connectivity index (χ1) is 11.5. The summed E-state index contributed by atoms with van der Waals surface area (Å²) in [5.41, 5.74) is 1.69. The van der Waals surface area contributed by atoms with Gasteiger partial charge in [0.25, 0.3) is 0 Å². The molecule has 134 valence electrons. The van der Waals surface area contributed by atoms with Gasteiger partial charge in [-0.15, -0.1) is 0 Å². The largest absolute Gasteiger partial charge is 0.455 e. The first-order valence-electron chi connectivity index (χ1n) is 8.77. The quantitative estimate of drug-likeness (QED) is 0.639. The highest BCUT2D eigenvalue weighted by Gasteiger charge is 2.19. The highest BCUT2D eigenvalue weighted by atomic mass is 16.6. The Morgan fingerprint density at radius 1 is 1.04 bits per heavy atom. The zero-order chi connectivity index (χ0) is 17.9. The van der Waals surface area contributed by atoms with Gasteiger partial charge in [-0.3, -0.25) is 0 Å². The fraction of sp³-hybridized carbons (Fsp3) is 0.579. The van der Waals surface area contributed by atoms with Crippen LogP contribution in [-0.4, -0.2) is 42.8 Å². The van der Waals surface area contributed by atoms with Crippen molar-refractivity contribution < 1.29 is 19.1 Å². The fourth-order valence-electron chi connectivity index (χ4n) is 2.33. The number of ether oxygens (including phenoxy) is 2. The van der Waals surface area contributed by atoms with E-state index in [1.54, 1.807) is 17.0 Å². The Hall–Kier alpha value is -2.04. The van der Waals surface area contributed by atoms with E-state index in [1.165, 1.54) is 5.56 Å². The van der Waals surface area contributed by atoms with Gasteiger partial charge in [0.15, 0.2) is 0 Å². The van der Waals surface area contributed by atoms with Gasteiger partial charge < -0.3 is 14.4 Å². The third kappa shape index (κ3) is 6.22. The number of aryl methyl sites for hydroxylation is 1. The third-order valence-corrected chi connectivity index (χ3v) is 3.90. The molecule has 0 aliphatic heterocycles. The van der Waals surface area contributed by atoms with Gasteiger partial charge in [-0.1, -0.05) is 32.4 Å². The van der Waals surface area contributed by atoms with Gasteiger partial charge in [0.05, 0.1) is 5.56 Å². The molecule has 1 amide bonds. The van der Waals surface area contributed by atoms with Gasteiger partial charge in [-0.05, 0) is 44.4 Å². The molecule has 1 atom stereocenters. The van der Waals surface area contributed by atoms with E-state index >= 15 is 0 Å². The predicted octanol–water partition coefficient (Wildman–Crippen LogP) is 4.05. The lowest BCUT2D eigenvalue weighted by molar-refractivity contribution is 0.00191. The average molecular weight is 335 g/mol. The molecular weight excluding hydrogens is 306 g/mol. The summed E-state index contributed by atoms with van der Waals surface area (Å²) in [7, 11) is 0. The maximum absolute atomic E-state index is 12.2. The maximum atomic E-state index is 12.2. The molecule has 1 aromatic carbocycles. The Kier molecular flexibility index (Phi) is 8.90. The average Bonchev–Trinajstić information content (AvgIpc) is 2.61. The maximum Gasteiger partial charge on any atom is 0.409 e. The summed E-state index contributed by atoms with van der Waals surface area (Å²) in [6.07, 6.45) is 1.63. The van der Waals surface area contributed by atoms with Crippen molar-refractivity contribution in [3.63, 3.8) is 0 Å². The molecule has 24 heavy (non-hydrogen) atoms. The molecule has 0 fully saturated rings. The molecule has 0 aliphatic carbocycles. The molecule has 5 nitrogen and oxygen atoms in total. The minimum atomic E-state index is -0.423. The molecule has 0 radical (unpaired) electrons. The molecule has 0 aliphatic rings. The topological polar surface area (TPSA) is 55.8 Å². The van der Waals surface area contributed by atoms with Crippen molar-refractivity contribution in [1.29, 1.82) is 0 Å². The number of amides is 1. The first kappa shape index (κ1) is 20.0. The number of hydrogen-bond acceptors (Lipinski definition) is 4. The van der Waals surface area contributed by atoms with Gasteiger partial charge in [0, 0.05) is 13.1 Å². The van der Waals surface area contributed by atoms with E-state index < -0.39 is 6.10 Å². The van der Waals surface area contributed by atoms with Crippen LogP contribution in [0.15, 0.2) is 24.3 Å². The number of hydrogen-bond donors (Lipinski definition) is 0. The second-order valence-electron chi connectivity index (χ2n) is 5.62. The predicted molar refractivity (Wildman–Crippen MR) is 94.2 cm³/mol. The van der Waals surface area contributed by atoms with Crippen molar-refractivity contribution in [3.05, 3.63) is 35.4 Å². The van der Waals surface area contributed by atoms with Crippen LogP contribution in [0.2, 0.25) is 0 Å². The van der Waals surface area contributed by atoms with E-state index in [-0.39, 0.29) is 18.7 Å². The van der Waals surface area contributed by atoms with E-state index in [2.05, 4.69) is 6.92 Å². The van der Waals surface area contributed by atoms with E-state index in [0.717, 1.165) is 12.8 Å². The molecule has 1 aromatic rings. The minimum absolute atomic E-state index is 0.0853. The van der Waals surface area contributed by atoms with Gasteiger partial charge in [-0.25, -0.2) is 9.59 Å². The fourth-order valence-corrected chi connectivity index (χ4v) is 2.33. The molecule has 5 heteroatoms.